The molecule has 1 atom stereocenters. The maximum absolute atomic E-state index is 11.7. The molecule has 0 aromatic rings. The zero-order chi connectivity index (χ0) is 12.9. The fourth-order valence-corrected chi connectivity index (χ4v) is 1.86. The maximum Gasteiger partial charge on any atom is 0.308 e. The van der Waals surface area contributed by atoms with E-state index in [9.17, 15) is 4.79 Å². The van der Waals surface area contributed by atoms with Crippen molar-refractivity contribution in [1.82, 2.24) is 0 Å². The van der Waals surface area contributed by atoms with Gasteiger partial charge in [0.25, 0.3) is 0 Å². The number of rotatable bonds is 10. The van der Waals surface area contributed by atoms with E-state index in [1.807, 2.05) is 6.92 Å². The van der Waals surface area contributed by atoms with Crippen molar-refractivity contribution >= 4 is 5.97 Å². The van der Waals surface area contributed by atoms with Crippen LogP contribution in [-0.4, -0.2) is 12.6 Å². The molecule has 0 spiro atoms. The average Bonchev–Trinajstić information content (AvgIpc) is 2.33. The molecule has 0 aliphatic rings. The van der Waals surface area contributed by atoms with Crippen molar-refractivity contribution in [2.75, 3.05) is 6.61 Å². The van der Waals surface area contributed by atoms with Crippen LogP contribution < -0.4 is 0 Å². The second-order valence-corrected chi connectivity index (χ2v) is 4.40. The third kappa shape index (κ3) is 8.96. The summed E-state index contributed by atoms with van der Waals surface area (Å²) < 4.78 is 5.12. The molecule has 0 rings (SSSR count). The van der Waals surface area contributed by atoms with E-state index >= 15 is 0 Å². The summed E-state index contributed by atoms with van der Waals surface area (Å²) in [6.07, 6.45) is 11.9. The molecule has 1 unspecified atom stereocenters. The molecular weight excluding hydrogens is 212 g/mol. The zero-order valence-electron chi connectivity index (χ0n) is 11.7. The highest BCUT2D eigenvalue weighted by Gasteiger charge is 2.18. The largest absolute Gasteiger partial charge is 0.466 e. The molecule has 0 bridgehead atoms. The van der Waals surface area contributed by atoms with Crippen LogP contribution in [0.1, 0.15) is 65.7 Å². The van der Waals surface area contributed by atoms with Gasteiger partial charge in [-0.1, -0.05) is 38.8 Å². The Labute approximate surface area is 106 Å². The first-order valence-electron chi connectivity index (χ1n) is 7.07. The monoisotopic (exact) mass is 240 g/mol. The Morgan fingerprint density at radius 1 is 1.12 bits per heavy atom. The lowest BCUT2D eigenvalue weighted by atomic mass is 9.96. The van der Waals surface area contributed by atoms with E-state index in [1.54, 1.807) is 0 Å². The van der Waals surface area contributed by atoms with Crippen molar-refractivity contribution in [3.8, 4) is 0 Å². The lowest BCUT2D eigenvalue weighted by Gasteiger charge is -2.14. The Kier molecular flexibility index (Phi) is 11.1. The molecule has 0 aromatic carbocycles. The lowest BCUT2D eigenvalue weighted by Crippen LogP contribution is -2.17. The summed E-state index contributed by atoms with van der Waals surface area (Å²) in [5, 5.41) is 0. The predicted octanol–water partition coefficient (Wildman–Crippen LogP) is 4.49. The highest BCUT2D eigenvalue weighted by Crippen LogP contribution is 2.18. The van der Waals surface area contributed by atoms with Crippen molar-refractivity contribution in [3.63, 3.8) is 0 Å². The van der Waals surface area contributed by atoms with E-state index < -0.39 is 0 Å². The summed E-state index contributed by atoms with van der Waals surface area (Å²) in [5.74, 6) is 0.116. The van der Waals surface area contributed by atoms with Crippen molar-refractivity contribution in [3.05, 3.63) is 12.2 Å². The summed E-state index contributed by atoms with van der Waals surface area (Å²) in [6.45, 7) is 6.67. The van der Waals surface area contributed by atoms with Gasteiger partial charge in [-0.25, -0.2) is 0 Å². The predicted molar refractivity (Wildman–Crippen MR) is 72.9 cm³/mol. The molecule has 0 saturated heterocycles. The lowest BCUT2D eigenvalue weighted by molar-refractivity contribution is -0.148. The van der Waals surface area contributed by atoms with Gasteiger partial charge in [0.15, 0.2) is 0 Å². The van der Waals surface area contributed by atoms with Crippen molar-refractivity contribution in [2.45, 2.75) is 65.7 Å². The van der Waals surface area contributed by atoms with Crippen molar-refractivity contribution in [2.24, 2.45) is 5.92 Å². The molecule has 0 aliphatic carbocycles. The minimum absolute atomic E-state index is 0.000390. The first-order valence-corrected chi connectivity index (χ1v) is 7.07. The molecule has 100 valence electrons. The van der Waals surface area contributed by atoms with Gasteiger partial charge < -0.3 is 4.74 Å². The molecular formula is C15H28O2. The van der Waals surface area contributed by atoms with Crippen LogP contribution in [0, 0.1) is 5.92 Å². The fourth-order valence-electron chi connectivity index (χ4n) is 1.86. The summed E-state index contributed by atoms with van der Waals surface area (Å²) in [5.41, 5.74) is 0. The van der Waals surface area contributed by atoms with Crippen LogP contribution in [0.4, 0.5) is 0 Å². The Bertz CT molecular complexity index is 209. The standard InChI is InChI=1S/C15H28O2/c1-4-7-9-10-11-13-14(12-8-5-2)15(16)17-6-3/h7,9,14H,4-6,8,10-13H2,1-3H3. The first-order chi connectivity index (χ1) is 8.26. The Hall–Kier alpha value is -0.790. The average molecular weight is 240 g/mol. The molecule has 0 fully saturated rings. The molecule has 0 aromatic heterocycles. The molecule has 0 radical (unpaired) electrons. The molecule has 0 amide bonds. The van der Waals surface area contributed by atoms with Gasteiger partial charge in [0.1, 0.15) is 0 Å². The van der Waals surface area contributed by atoms with Gasteiger partial charge in [0, 0.05) is 0 Å². The Morgan fingerprint density at radius 2 is 1.82 bits per heavy atom. The molecule has 0 aliphatic heterocycles. The number of esters is 1. The number of allylic oxidation sites excluding steroid dienone is 2. The van der Waals surface area contributed by atoms with Gasteiger partial charge in [-0.3, -0.25) is 4.79 Å². The Morgan fingerprint density at radius 3 is 2.41 bits per heavy atom. The topological polar surface area (TPSA) is 26.3 Å². The minimum Gasteiger partial charge on any atom is -0.466 e. The maximum atomic E-state index is 11.7. The van der Waals surface area contributed by atoms with Crippen molar-refractivity contribution < 1.29 is 9.53 Å². The third-order valence-electron chi connectivity index (χ3n) is 2.85. The van der Waals surface area contributed by atoms with Gasteiger partial charge >= 0.3 is 5.97 Å². The van der Waals surface area contributed by atoms with Crippen LogP contribution >= 0.6 is 0 Å². The van der Waals surface area contributed by atoms with E-state index in [0.717, 1.165) is 44.9 Å². The minimum atomic E-state index is 0.000390. The highest BCUT2D eigenvalue weighted by atomic mass is 16.5. The van der Waals surface area contributed by atoms with E-state index in [1.165, 1.54) is 0 Å². The molecule has 0 N–H and O–H groups in total. The summed E-state index contributed by atoms with van der Waals surface area (Å²) in [6, 6.07) is 0. The van der Waals surface area contributed by atoms with Crippen molar-refractivity contribution in [1.29, 1.82) is 0 Å². The van der Waals surface area contributed by atoms with Crippen LogP contribution in [0.25, 0.3) is 0 Å². The SMILES string of the molecule is CCC=CCCCC(CCCC)C(=O)OCC. The summed E-state index contributed by atoms with van der Waals surface area (Å²) in [7, 11) is 0. The van der Waals surface area contributed by atoms with Gasteiger partial charge in [0.05, 0.1) is 12.5 Å². The summed E-state index contributed by atoms with van der Waals surface area (Å²) >= 11 is 0. The van der Waals surface area contributed by atoms with E-state index in [2.05, 4.69) is 26.0 Å². The first kappa shape index (κ1) is 16.2. The smallest absolute Gasteiger partial charge is 0.308 e. The number of carbonyl (C=O) groups is 1. The molecule has 17 heavy (non-hydrogen) atoms. The normalized spacial score (nSPS) is 12.9. The van der Waals surface area contributed by atoms with E-state index in [4.69, 9.17) is 4.74 Å². The third-order valence-corrected chi connectivity index (χ3v) is 2.85. The number of ether oxygens (including phenoxy) is 1. The van der Waals surface area contributed by atoms with Crippen LogP contribution in [0.3, 0.4) is 0 Å². The van der Waals surface area contributed by atoms with Crippen LogP contribution in [-0.2, 0) is 9.53 Å². The fraction of sp³-hybridized carbons (Fsp3) is 0.800. The van der Waals surface area contributed by atoms with Gasteiger partial charge in [0.2, 0.25) is 0 Å². The Balaban J connectivity index is 3.92. The van der Waals surface area contributed by atoms with Crippen LogP contribution in [0.2, 0.25) is 0 Å². The van der Waals surface area contributed by atoms with E-state index in [0.29, 0.717) is 6.61 Å². The molecule has 2 nitrogen and oxygen atoms in total. The number of unbranched alkanes of at least 4 members (excludes halogenated alkanes) is 2. The molecule has 2 heteroatoms. The molecule has 0 saturated carbocycles. The quantitative estimate of drug-likeness (QED) is 0.319. The second-order valence-electron chi connectivity index (χ2n) is 4.40. The number of hydrogen-bond acceptors (Lipinski definition) is 2. The zero-order valence-corrected chi connectivity index (χ0v) is 11.7. The second kappa shape index (κ2) is 11.7. The van der Waals surface area contributed by atoms with E-state index in [-0.39, 0.29) is 11.9 Å². The highest BCUT2D eigenvalue weighted by molar-refractivity contribution is 5.72. The molecule has 0 heterocycles. The van der Waals surface area contributed by atoms with Gasteiger partial charge in [-0.2, -0.15) is 0 Å². The van der Waals surface area contributed by atoms with Gasteiger partial charge in [-0.15, -0.1) is 0 Å². The van der Waals surface area contributed by atoms with Crippen LogP contribution in [0.5, 0.6) is 0 Å². The van der Waals surface area contributed by atoms with Crippen LogP contribution in [0.15, 0.2) is 12.2 Å². The summed E-state index contributed by atoms with van der Waals surface area (Å²) in [4.78, 5) is 11.7. The van der Waals surface area contributed by atoms with Gasteiger partial charge in [-0.05, 0) is 39.0 Å². The number of carbonyl (C=O) groups excluding carboxylic acids is 1. The number of hydrogen-bond donors (Lipinski definition) is 0.